The molecule has 0 aliphatic rings. The van der Waals surface area contributed by atoms with Gasteiger partial charge in [-0.2, -0.15) is 0 Å². The predicted molar refractivity (Wildman–Crippen MR) is 49.1 cm³/mol. The van der Waals surface area contributed by atoms with Crippen LogP contribution in [0.1, 0.15) is 18.5 Å². The number of nitrogens with two attached hydrogens (primary N) is 1. The summed E-state index contributed by atoms with van der Waals surface area (Å²) >= 11 is 0. The van der Waals surface area contributed by atoms with E-state index in [4.69, 9.17) is 10.8 Å². The van der Waals surface area contributed by atoms with Gasteiger partial charge in [0.1, 0.15) is 0 Å². The van der Waals surface area contributed by atoms with Crippen LogP contribution in [0.2, 0.25) is 0 Å². The molecule has 1 rings (SSSR count). The van der Waals surface area contributed by atoms with Crippen molar-refractivity contribution >= 4 is 0 Å². The predicted octanol–water partition coefficient (Wildman–Crippen LogP) is -0.448. The summed E-state index contributed by atoms with van der Waals surface area (Å²) < 4.78 is 1.79. The second kappa shape index (κ2) is 5.66. The Morgan fingerprint density at radius 3 is 3.00 bits per heavy atom. The van der Waals surface area contributed by atoms with Gasteiger partial charge in [-0.05, 0) is 25.8 Å². The molecule has 0 amide bonds. The summed E-state index contributed by atoms with van der Waals surface area (Å²) in [5, 5.41) is 16.5. The maximum Gasteiger partial charge on any atom is 0.0828 e. The van der Waals surface area contributed by atoms with Crippen LogP contribution in [0.5, 0.6) is 0 Å². The molecule has 1 heterocycles. The molecule has 74 valence electrons. The van der Waals surface area contributed by atoms with Gasteiger partial charge in [-0.1, -0.05) is 5.21 Å². The van der Waals surface area contributed by atoms with Crippen molar-refractivity contribution < 1.29 is 5.11 Å². The van der Waals surface area contributed by atoms with E-state index < -0.39 is 0 Å². The second-order valence-electron chi connectivity index (χ2n) is 2.94. The van der Waals surface area contributed by atoms with E-state index in [9.17, 15) is 0 Å². The third-order valence-electron chi connectivity index (χ3n) is 1.77. The third-order valence-corrected chi connectivity index (χ3v) is 1.77. The molecule has 0 aliphatic carbocycles. The number of rotatable bonds is 6. The van der Waals surface area contributed by atoms with Crippen molar-refractivity contribution in [1.29, 1.82) is 0 Å². The van der Waals surface area contributed by atoms with Crippen molar-refractivity contribution in [2.75, 3.05) is 13.2 Å². The first kappa shape index (κ1) is 10.1. The van der Waals surface area contributed by atoms with E-state index in [1.165, 1.54) is 0 Å². The molecule has 3 N–H and O–H groups in total. The smallest absolute Gasteiger partial charge is 0.0828 e. The lowest BCUT2D eigenvalue weighted by Gasteiger charge is -1.95. The van der Waals surface area contributed by atoms with Crippen LogP contribution < -0.4 is 5.73 Å². The van der Waals surface area contributed by atoms with Crippen molar-refractivity contribution in [2.45, 2.75) is 25.8 Å². The summed E-state index contributed by atoms with van der Waals surface area (Å²) in [6.07, 6.45) is 4.36. The summed E-state index contributed by atoms with van der Waals surface area (Å²) in [6, 6.07) is 0. The van der Waals surface area contributed by atoms with Crippen molar-refractivity contribution in [2.24, 2.45) is 5.73 Å². The molecular weight excluding hydrogens is 168 g/mol. The number of hydrogen-bond acceptors (Lipinski definition) is 4. The summed E-state index contributed by atoms with van der Waals surface area (Å²) in [5.41, 5.74) is 6.30. The monoisotopic (exact) mass is 184 g/mol. The molecule has 0 bridgehead atoms. The van der Waals surface area contributed by atoms with Crippen LogP contribution >= 0.6 is 0 Å². The van der Waals surface area contributed by atoms with Crippen LogP contribution in [0.4, 0.5) is 0 Å². The molecule has 1 aromatic rings. The first-order valence-corrected chi connectivity index (χ1v) is 4.56. The number of hydrogen-bond donors (Lipinski definition) is 2. The highest BCUT2D eigenvalue weighted by molar-refractivity contribution is 4.91. The fourth-order valence-corrected chi connectivity index (χ4v) is 1.08. The number of nitrogens with zero attached hydrogens (tertiary/aromatic N) is 3. The Hall–Kier alpha value is -0.940. The second-order valence-corrected chi connectivity index (χ2v) is 2.94. The molecule has 13 heavy (non-hydrogen) atoms. The normalized spacial score (nSPS) is 10.6. The zero-order valence-electron chi connectivity index (χ0n) is 7.69. The lowest BCUT2D eigenvalue weighted by molar-refractivity contribution is 0.288. The summed E-state index contributed by atoms with van der Waals surface area (Å²) in [7, 11) is 0. The molecule has 0 atom stereocenters. The van der Waals surface area contributed by atoms with E-state index in [1.807, 2.05) is 6.20 Å². The summed E-state index contributed by atoms with van der Waals surface area (Å²) in [4.78, 5) is 0. The quantitative estimate of drug-likeness (QED) is 0.628. The Bertz CT molecular complexity index is 213. The average molecular weight is 184 g/mol. The maximum atomic E-state index is 8.60. The van der Waals surface area contributed by atoms with E-state index in [1.54, 1.807) is 4.68 Å². The minimum Gasteiger partial charge on any atom is -0.396 e. The standard InChI is InChI=1S/C8H16N4O/c9-4-2-5-12-7-8(10-11-12)3-1-6-13/h7,13H,1-6,9H2. The fraction of sp³-hybridized carbons (Fsp3) is 0.750. The largest absolute Gasteiger partial charge is 0.396 e. The first-order chi connectivity index (χ1) is 6.36. The van der Waals surface area contributed by atoms with E-state index in [0.717, 1.165) is 31.5 Å². The van der Waals surface area contributed by atoms with Crippen molar-refractivity contribution in [3.8, 4) is 0 Å². The molecule has 5 nitrogen and oxygen atoms in total. The number of aryl methyl sites for hydroxylation is 2. The van der Waals surface area contributed by atoms with Gasteiger partial charge in [-0.25, -0.2) is 0 Å². The zero-order valence-corrected chi connectivity index (χ0v) is 7.69. The van der Waals surface area contributed by atoms with Crippen LogP contribution in [-0.4, -0.2) is 33.3 Å². The lowest BCUT2D eigenvalue weighted by Crippen LogP contribution is -2.06. The molecule has 0 fully saturated rings. The molecule has 0 unspecified atom stereocenters. The highest BCUT2D eigenvalue weighted by Crippen LogP contribution is 1.97. The summed E-state index contributed by atoms with van der Waals surface area (Å²) in [5.74, 6) is 0. The molecule has 0 aliphatic heterocycles. The number of aliphatic hydroxyl groups excluding tert-OH is 1. The minimum atomic E-state index is 0.204. The molecular formula is C8H16N4O. The summed E-state index contributed by atoms with van der Waals surface area (Å²) in [6.45, 7) is 1.70. The van der Waals surface area contributed by atoms with E-state index in [2.05, 4.69) is 10.3 Å². The molecule has 0 saturated carbocycles. The Morgan fingerprint density at radius 2 is 2.31 bits per heavy atom. The SMILES string of the molecule is NCCCn1cc(CCCO)nn1. The van der Waals surface area contributed by atoms with Crippen molar-refractivity contribution in [3.63, 3.8) is 0 Å². The van der Waals surface area contributed by atoms with Gasteiger partial charge in [-0.15, -0.1) is 5.10 Å². The van der Waals surface area contributed by atoms with Crippen molar-refractivity contribution in [1.82, 2.24) is 15.0 Å². The van der Waals surface area contributed by atoms with Crippen LogP contribution in [0.15, 0.2) is 6.20 Å². The Balaban J connectivity index is 2.34. The lowest BCUT2D eigenvalue weighted by atomic mass is 10.3. The third kappa shape index (κ3) is 3.52. The van der Waals surface area contributed by atoms with Crippen LogP contribution in [0.3, 0.4) is 0 Å². The van der Waals surface area contributed by atoms with Gasteiger partial charge in [0.05, 0.1) is 5.69 Å². The Kier molecular flexibility index (Phi) is 4.42. The van der Waals surface area contributed by atoms with E-state index in [-0.39, 0.29) is 6.61 Å². The molecule has 0 aromatic carbocycles. The van der Waals surface area contributed by atoms with E-state index in [0.29, 0.717) is 6.54 Å². The van der Waals surface area contributed by atoms with Gasteiger partial charge in [-0.3, -0.25) is 4.68 Å². The number of aromatic nitrogens is 3. The van der Waals surface area contributed by atoms with Gasteiger partial charge < -0.3 is 10.8 Å². The van der Waals surface area contributed by atoms with Gasteiger partial charge in [0.25, 0.3) is 0 Å². The highest BCUT2D eigenvalue weighted by atomic mass is 16.2. The minimum absolute atomic E-state index is 0.204. The average Bonchev–Trinajstić information content (AvgIpc) is 2.59. The van der Waals surface area contributed by atoms with Gasteiger partial charge >= 0.3 is 0 Å². The Morgan fingerprint density at radius 1 is 1.46 bits per heavy atom. The maximum absolute atomic E-state index is 8.60. The molecule has 0 spiro atoms. The molecule has 0 saturated heterocycles. The van der Waals surface area contributed by atoms with Gasteiger partial charge in [0, 0.05) is 19.3 Å². The Labute approximate surface area is 77.6 Å². The zero-order chi connectivity index (χ0) is 9.52. The first-order valence-electron chi connectivity index (χ1n) is 4.56. The van der Waals surface area contributed by atoms with Crippen LogP contribution in [0.25, 0.3) is 0 Å². The number of aliphatic hydroxyl groups is 1. The fourth-order valence-electron chi connectivity index (χ4n) is 1.08. The molecule has 0 radical (unpaired) electrons. The highest BCUT2D eigenvalue weighted by Gasteiger charge is 1.99. The van der Waals surface area contributed by atoms with Crippen LogP contribution in [-0.2, 0) is 13.0 Å². The van der Waals surface area contributed by atoms with E-state index >= 15 is 0 Å². The molecule has 1 aromatic heterocycles. The van der Waals surface area contributed by atoms with Gasteiger partial charge in [0.15, 0.2) is 0 Å². The van der Waals surface area contributed by atoms with Crippen molar-refractivity contribution in [3.05, 3.63) is 11.9 Å². The molecule has 5 heteroatoms. The topological polar surface area (TPSA) is 77.0 Å². The van der Waals surface area contributed by atoms with Gasteiger partial charge in [0.2, 0.25) is 0 Å². The van der Waals surface area contributed by atoms with Crippen LogP contribution in [0, 0.1) is 0 Å².